The Morgan fingerprint density at radius 2 is 2.20 bits per heavy atom. The van der Waals surface area contributed by atoms with Gasteiger partial charge in [0.1, 0.15) is 0 Å². The standard InChI is InChI=1S/C11H16O3.W/c1-8-5-4-6-11(14-9(2)12)10(8)7-13-3;/h4,6,8,10-11H,5H2,1-3H3;/t8-,10+,11+;/m0./s1. The zero-order chi connectivity index (χ0) is 11.4. The van der Waals surface area contributed by atoms with Crippen molar-refractivity contribution in [2.24, 2.45) is 11.8 Å². The maximum atomic E-state index is 11.0. The van der Waals surface area contributed by atoms with E-state index in [0.29, 0.717) is 5.92 Å². The number of carbonyl (C=O) groups excluding carboxylic acids is 1. The van der Waals surface area contributed by atoms with Gasteiger partial charge in [-0.25, -0.2) is 0 Å². The molecule has 0 fully saturated rings. The van der Waals surface area contributed by atoms with E-state index < -0.39 is 0 Å². The molecule has 1 aliphatic carbocycles. The van der Waals surface area contributed by atoms with Crippen LogP contribution in [0.1, 0.15) is 20.3 Å². The summed E-state index contributed by atoms with van der Waals surface area (Å²) in [5.41, 5.74) is 0. The van der Waals surface area contributed by atoms with Crippen LogP contribution in [-0.2, 0) is 33.6 Å². The van der Waals surface area contributed by atoms with Crippen molar-refractivity contribution < 1.29 is 33.6 Å². The molecule has 4 heteroatoms. The molecule has 0 aromatic heterocycles. The SMILES string of the molecule is CO[C](=[W])[C@@H]1[C@@H](C)CC=C[C@H]1OC(C)=O. The van der Waals surface area contributed by atoms with Crippen molar-refractivity contribution in [3.8, 4) is 0 Å². The zero-order valence-electron chi connectivity index (χ0n) is 9.23. The molecule has 15 heavy (non-hydrogen) atoms. The molecule has 3 atom stereocenters. The van der Waals surface area contributed by atoms with Crippen LogP contribution < -0.4 is 0 Å². The summed E-state index contributed by atoms with van der Waals surface area (Å²) in [6, 6.07) is 0. The van der Waals surface area contributed by atoms with Gasteiger partial charge in [0.15, 0.2) is 0 Å². The zero-order valence-corrected chi connectivity index (χ0v) is 12.2. The van der Waals surface area contributed by atoms with E-state index in [-0.39, 0.29) is 18.0 Å². The summed E-state index contributed by atoms with van der Waals surface area (Å²) in [6.07, 6.45) is 4.91. The number of hydrogen-bond donors (Lipinski definition) is 0. The molecule has 84 valence electrons. The molecule has 0 aliphatic heterocycles. The molecule has 1 rings (SSSR count). The molecule has 0 heterocycles. The fraction of sp³-hybridized carbons (Fsp3) is 0.636. The first-order chi connectivity index (χ1) is 7.06. The van der Waals surface area contributed by atoms with E-state index in [1.54, 1.807) is 7.11 Å². The second-order valence-corrected chi connectivity index (χ2v) is 5.21. The summed E-state index contributed by atoms with van der Waals surface area (Å²) in [5.74, 6) is 0.438. The van der Waals surface area contributed by atoms with E-state index in [1.807, 2.05) is 6.08 Å². The minimum absolute atomic E-state index is 0.154. The molecule has 0 spiro atoms. The Morgan fingerprint density at radius 3 is 2.73 bits per heavy atom. The van der Waals surface area contributed by atoms with Gasteiger partial charge in [0.2, 0.25) is 0 Å². The minimum atomic E-state index is -0.234. The van der Waals surface area contributed by atoms with Crippen LogP contribution in [0.25, 0.3) is 0 Å². The molecular formula is C11H16O3W. The van der Waals surface area contributed by atoms with Crippen molar-refractivity contribution in [2.75, 3.05) is 7.11 Å². The fourth-order valence-corrected chi connectivity index (χ4v) is 3.14. The normalized spacial score (nSPS) is 29.9. The van der Waals surface area contributed by atoms with Gasteiger partial charge in [-0.1, -0.05) is 0 Å². The summed E-state index contributed by atoms with van der Waals surface area (Å²) in [5, 5.41) is 0. The fourth-order valence-electron chi connectivity index (χ4n) is 1.82. The first-order valence-electron chi connectivity index (χ1n) is 4.98. The van der Waals surface area contributed by atoms with E-state index in [1.165, 1.54) is 26.3 Å². The third-order valence-corrected chi connectivity index (χ3v) is 4.15. The summed E-state index contributed by atoms with van der Waals surface area (Å²) >= 11 is 1.30. The van der Waals surface area contributed by atoms with Crippen LogP contribution in [0.2, 0.25) is 0 Å². The second kappa shape index (κ2) is 5.71. The van der Waals surface area contributed by atoms with Crippen molar-refractivity contribution in [1.82, 2.24) is 0 Å². The molecular weight excluding hydrogens is 364 g/mol. The number of carbonyl (C=O) groups is 1. The van der Waals surface area contributed by atoms with Crippen LogP contribution in [0.15, 0.2) is 12.2 Å². The summed E-state index contributed by atoms with van der Waals surface area (Å²) in [4.78, 5) is 11.0. The Balaban J connectivity index is 2.80. The van der Waals surface area contributed by atoms with Gasteiger partial charge in [0.25, 0.3) is 0 Å². The monoisotopic (exact) mass is 380 g/mol. The van der Waals surface area contributed by atoms with E-state index in [9.17, 15) is 4.79 Å². The predicted octanol–water partition coefficient (Wildman–Crippen LogP) is 1.45. The number of ether oxygens (including phenoxy) is 2. The Kier molecular flexibility index (Phi) is 4.87. The molecule has 0 aromatic rings. The molecule has 0 radical (unpaired) electrons. The van der Waals surface area contributed by atoms with Crippen LogP contribution in [0.4, 0.5) is 0 Å². The molecule has 0 saturated carbocycles. The Labute approximate surface area is 101 Å². The summed E-state index contributed by atoms with van der Waals surface area (Å²) in [6.45, 7) is 3.60. The number of allylic oxidation sites excluding steroid dienone is 1. The Morgan fingerprint density at radius 1 is 1.53 bits per heavy atom. The molecule has 0 amide bonds. The van der Waals surface area contributed by atoms with E-state index in [0.717, 1.165) is 10.5 Å². The van der Waals surface area contributed by atoms with Crippen LogP contribution in [0.3, 0.4) is 0 Å². The molecule has 1 aliphatic rings. The molecule has 0 bridgehead atoms. The number of esters is 1. The molecule has 0 aromatic carbocycles. The summed E-state index contributed by atoms with van der Waals surface area (Å²) in [7, 11) is 1.68. The van der Waals surface area contributed by atoms with Crippen molar-refractivity contribution in [2.45, 2.75) is 26.4 Å². The van der Waals surface area contributed by atoms with Crippen molar-refractivity contribution in [1.29, 1.82) is 0 Å². The number of hydrogen-bond acceptors (Lipinski definition) is 3. The molecule has 3 nitrogen and oxygen atoms in total. The topological polar surface area (TPSA) is 35.5 Å². The van der Waals surface area contributed by atoms with Gasteiger partial charge in [0.05, 0.1) is 0 Å². The van der Waals surface area contributed by atoms with E-state index in [2.05, 4.69) is 13.0 Å². The van der Waals surface area contributed by atoms with Crippen LogP contribution in [-0.4, -0.2) is 23.3 Å². The Hall–Kier alpha value is -0.272. The molecule has 0 saturated heterocycles. The Bertz CT molecular complexity index is 286. The van der Waals surface area contributed by atoms with Crippen molar-refractivity contribution >= 4 is 10.1 Å². The predicted molar refractivity (Wildman–Crippen MR) is 54.0 cm³/mol. The number of rotatable bonds is 3. The summed E-state index contributed by atoms with van der Waals surface area (Å²) < 4.78 is 11.6. The third-order valence-electron chi connectivity index (χ3n) is 2.58. The van der Waals surface area contributed by atoms with Crippen molar-refractivity contribution in [3.05, 3.63) is 12.2 Å². The van der Waals surface area contributed by atoms with E-state index >= 15 is 0 Å². The van der Waals surface area contributed by atoms with Crippen molar-refractivity contribution in [3.63, 3.8) is 0 Å². The van der Waals surface area contributed by atoms with Gasteiger partial charge in [-0.2, -0.15) is 0 Å². The van der Waals surface area contributed by atoms with Gasteiger partial charge in [0, 0.05) is 0 Å². The van der Waals surface area contributed by atoms with Crippen LogP contribution in [0.5, 0.6) is 0 Å². The number of methoxy groups -OCH3 is 1. The van der Waals surface area contributed by atoms with Gasteiger partial charge in [-0.05, 0) is 0 Å². The third kappa shape index (κ3) is 3.35. The van der Waals surface area contributed by atoms with Crippen LogP contribution >= 0.6 is 0 Å². The average molecular weight is 380 g/mol. The quantitative estimate of drug-likeness (QED) is 0.550. The first-order valence-corrected chi connectivity index (χ1v) is 6.44. The van der Waals surface area contributed by atoms with Gasteiger partial charge in [-0.15, -0.1) is 0 Å². The van der Waals surface area contributed by atoms with Gasteiger partial charge < -0.3 is 0 Å². The van der Waals surface area contributed by atoms with E-state index in [4.69, 9.17) is 9.47 Å². The molecule has 0 N–H and O–H groups in total. The second-order valence-electron chi connectivity index (χ2n) is 3.76. The van der Waals surface area contributed by atoms with Gasteiger partial charge >= 0.3 is 101 Å². The van der Waals surface area contributed by atoms with Gasteiger partial charge in [-0.3, -0.25) is 0 Å². The molecule has 0 unspecified atom stereocenters. The maximum absolute atomic E-state index is 11.0. The first kappa shape index (κ1) is 12.8. The average Bonchev–Trinajstić information content (AvgIpc) is 2.16. The van der Waals surface area contributed by atoms with Crippen LogP contribution in [0, 0.1) is 11.8 Å².